The second-order valence-corrected chi connectivity index (χ2v) is 8.26. The second kappa shape index (κ2) is 7.47. The molecule has 2 nitrogen and oxygen atoms in total. The lowest BCUT2D eigenvalue weighted by Crippen LogP contribution is -2.38. The van der Waals surface area contributed by atoms with Gasteiger partial charge in [-0.05, 0) is 37.5 Å². The predicted octanol–water partition coefficient (Wildman–Crippen LogP) is 5.45. The minimum atomic E-state index is -0.419. The van der Waals surface area contributed by atoms with E-state index in [1.807, 2.05) is 13.8 Å². The Labute approximate surface area is 126 Å². The van der Waals surface area contributed by atoms with E-state index < -0.39 is 5.41 Å². The van der Waals surface area contributed by atoms with Crippen molar-refractivity contribution in [3.63, 3.8) is 0 Å². The van der Waals surface area contributed by atoms with Gasteiger partial charge in [0.25, 0.3) is 0 Å². The highest BCUT2D eigenvalue weighted by Gasteiger charge is 2.37. The number of carbonyl (C=O) groups is 1. The maximum absolute atomic E-state index is 12.6. The van der Waals surface area contributed by atoms with Crippen molar-refractivity contribution in [3.8, 4) is 0 Å². The highest BCUT2D eigenvalue weighted by molar-refractivity contribution is 5.76. The normalized spacial score (nSPS) is 17.4. The molecule has 2 unspecified atom stereocenters. The van der Waals surface area contributed by atoms with Crippen molar-refractivity contribution in [1.82, 2.24) is 0 Å². The SMILES string of the molecule is CCC(C)C(OC(=O)C(C)(C)CC(C)(C)C)C(C)CC. The molecule has 0 aromatic carbocycles. The fourth-order valence-electron chi connectivity index (χ4n) is 2.94. The molecule has 0 aromatic rings. The van der Waals surface area contributed by atoms with Gasteiger partial charge in [-0.1, -0.05) is 61.3 Å². The van der Waals surface area contributed by atoms with E-state index in [1.54, 1.807) is 0 Å². The summed E-state index contributed by atoms with van der Waals surface area (Å²) in [5, 5.41) is 0. The number of hydrogen-bond acceptors (Lipinski definition) is 2. The highest BCUT2D eigenvalue weighted by Crippen LogP contribution is 2.35. The van der Waals surface area contributed by atoms with Gasteiger partial charge in [-0.2, -0.15) is 0 Å². The molecule has 2 atom stereocenters. The van der Waals surface area contributed by atoms with E-state index in [2.05, 4.69) is 48.5 Å². The Morgan fingerprint density at radius 1 is 0.950 bits per heavy atom. The zero-order valence-corrected chi connectivity index (χ0v) is 15.2. The summed E-state index contributed by atoms with van der Waals surface area (Å²) >= 11 is 0. The van der Waals surface area contributed by atoms with Crippen LogP contribution < -0.4 is 0 Å². The monoisotopic (exact) mass is 284 g/mol. The molecule has 0 fully saturated rings. The molecule has 0 saturated carbocycles. The average molecular weight is 284 g/mol. The zero-order valence-electron chi connectivity index (χ0n) is 15.2. The predicted molar refractivity (Wildman–Crippen MR) is 86.6 cm³/mol. The molecule has 20 heavy (non-hydrogen) atoms. The third-order valence-electron chi connectivity index (χ3n) is 4.18. The fraction of sp³-hybridized carbons (Fsp3) is 0.944. The molecule has 0 rings (SSSR count). The van der Waals surface area contributed by atoms with E-state index in [-0.39, 0.29) is 17.5 Å². The van der Waals surface area contributed by atoms with E-state index in [4.69, 9.17) is 4.74 Å². The van der Waals surface area contributed by atoms with Crippen LogP contribution in [0.4, 0.5) is 0 Å². The molecule has 0 aliphatic rings. The van der Waals surface area contributed by atoms with Gasteiger partial charge in [-0.25, -0.2) is 0 Å². The first-order valence-electron chi connectivity index (χ1n) is 8.15. The van der Waals surface area contributed by atoms with Crippen LogP contribution >= 0.6 is 0 Å². The lowest BCUT2D eigenvalue weighted by Gasteiger charge is -2.35. The lowest BCUT2D eigenvalue weighted by atomic mass is 9.76. The van der Waals surface area contributed by atoms with Gasteiger partial charge in [0.1, 0.15) is 6.10 Å². The van der Waals surface area contributed by atoms with Crippen molar-refractivity contribution < 1.29 is 9.53 Å². The van der Waals surface area contributed by atoms with Crippen LogP contribution in [0.3, 0.4) is 0 Å². The van der Waals surface area contributed by atoms with Gasteiger partial charge in [0.15, 0.2) is 0 Å². The Kier molecular flexibility index (Phi) is 7.27. The smallest absolute Gasteiger partial charge is 0.311 e. The minimum absolute atomic E-state index is 0.0387. The number of rotatable bonds is 7. The van der Waals surface area contributed by atoms with Crippen molar-refractivity contribution in [3.05, 3.63) is 0 Å². The first kappa shape index (κ1) is 19.5. The van der Waals surface area contributed by atoms with Crippen LogP contribution in [0.1, 0.15) is 81.6 Å². The van der Waals surface area contributed by atoms with Gasteiger partial charge >= 0.3 is 5.97 Å². The molecule has 0 N–H and O–H groups in total. The summed E-state index contributed by atoms with van der Waals surface area (Å²) in [5.74, 6) is 0.789. The van der Waals surface area contributed by atoms with E-state index in [9.17, 15) is 4.79 Å². The molecule has 0 radical (unpaired) electrons. The summed E-state index contributed by atoms with van der Waals surface area (Å²) in [6.07, 6.45) is 2.97. The molecule has 0 saturated heterocycles. The maximum Gasteiger partial charge on any atom is 0.311 e. The summed E-state index contributed by atoms with van der Waals surface area (Å²) in [5.41, 5.74) is -0.289. The Hall–Kier alpha value is -0.530. The number of hydrogen-bond donors (Lipinski definition) is 0. The molecule has 0 aliphatic carbocycles. The summed E-state index contributed by atoms with van der Waals surface area (Å²) in [7, 11) is 0. The molecule has 2 heteroatoms. The molecule has 0 spiro atoms. The van der Waals surface area contributed by atoms with Crippen LogP contribution in [0.5, 0.6) is 0 Å². The van der Waals surface area contributed by atoms with Crippen LogP contribution in [0.25, 0.3) is 0 Å². The molecule has 0 bridgehead atoms. The molecular formula is C18H36O2. The summed E-state index contributed by atoms with van der Waals surface area (Å²) < 4.78 is 5.93. The van der Waals surface area contributed by atoms with Crippen LogP contribution in [-0.4, -0.2) is 12.1 Å². The largest absolute Gasteiger partial charge is 0.461 e. The molecule has 0 amide bonds. The van der Waals surface area contributed by atoms with Gasteiger partial charge in [-0.15, -0.1) is 0 Å². The van der Waals surface area contributed by atoms with Crippen molar-refractivity contribution in [1.29, 1.82) is 0 Å². The van der Waals surface area contributed by atoms with E-state index in [0.717, 1.165) is 19.3 Å². The van der Waals surface area contributed by atoms with Crippen LogP contribution in [0, 0.1) is 22.7 Å². The van der Waals surface area contributed by atoms with Gasteiger partial charge < -0.3 is 4.74 Å². The molecule has 120 valence electrons. The summed E-state index contributed by atoms with van der Waals surface area (Å²) in [6, 6.07) is 0. The fourth-order valence-corrected chi connectivity index (χ4v) is 2.94. The third kappa shape index (κ3) is 6.28. The molecular weight excluding hydrogens is 248 g/mol. The third-order valence-corrected chi connectivity index (χ3v) is 4.18. The first-order chi connectivity index (χ1) is 8.94. The van der Waals surface area contributed by atoms with E-state index in [1.165, 1.54) is 0 Å². The van der Waals surface area contributed by atoms with E-state index >= 15 is 0 Å². The van der Waals surface area contributed by atoms with E-state index in [0.29, 0.717) is 11.8 Å². The van der Waals surface area contributed by atoms with Gasteiger partial charge in [0.05, 0.1) is 5.41 Å². The van der Waals surface area contributed by atoms with Gasteiger partial charge in [0, 0.05) is 0 Å². The summed E-state index contributed by atoms with van der Waals surface area (Å²) in [4.78, 5) is 12.6. The van der Waals surface area contributed by atoms with Crippen LogP contribution in [0.15, 0.2) is 0 Å². The average Bonchev–Trinajstić information content (AvgIpc) is 2.30. The van der Waals surface area contributed by atoms with Crippen molar-refractivity contribution >= 4 is 5.97 Å². The van der Waals surface area contributed by atoms with Gasteiger partial charge in [-0.3, -0.25) is 4.79 Å². The number of carbonyl (C=O) groups excluding carboxylic acids is 1. The quantitative estimate of drug-likeness (QED) is 0.581. The maximum atomic E-state index is 12.6. The first-order valence-corrected chi connectivity index (χ1v) is 8.15. The van der Waals surface area contributed by atoms with Crippen LogP contribution in [-0.2, 0) is 9.53 Å². The minimum Gasteiger partial charge on any atom is -0.461 e. The number of ether oxygens (including phenoxy) is 1. The summed E-state index contributed by atoms with van der Waals surface area (Å²) in [6.45, 7) is 19.2. The Bertz CT molecular complexity index is 289. The Morgan fingerprint density at radius 2 is 1.35 bits per heavy atom. The standard InChI is InChI=1S/C18H36O2/c1-10-13(3)15(14(4)11-2)20-16(19)18(8,9)12-17(5,6)7/h13-15H,10-12H2,1-9H3. The van der Waals surface area contributed by atoms with Gasteiger partial charge in [0.2, 0.25) is 0 Å². The van der Waals surface area contributed by atoms with Crippen LogP contribution in [0.2, 0.25) is 0 Å². The lowest BCUT2D eigenvalue weighted by molar-refractivity contribution is -0.167. The topological polar surface area (TPSA) is 26.3 Å². The Morgan fingerprint density at radius 3 is 1.65 bits per heavy atom. The van der Waals surface area contributed by atoms with Crippen molar-refractivity contribution in [2.24, 2.45) is 22.7 Å². The number of esters is 1. The molecule has 0 aromatic heterocycles. The second-order valence-electron chi connectivity index (χ2n) is 8.26. The van der Waals surface area contributed by atoms with Crippen molar-refractivity contribution in [2.75, 3.05) is 0 Å². The van der Waals surface area contributed by atoms with Crippen molar-refractivity contribution in [2.45, 2.75) is 87.7 Å². The molecule has 0 aliphatic heterocycles. The Balaban J connectivity index is 4.91. The molecule has 0 heterocycles. The zero-order chi connectivity index (χ0) is 16.1. The highest BCUT2D eigenvalue weighted by atomic mass is 16.5.